The van der Waals surface area contributed by atoms with E-state index in [4.69, 9.17) is 5.73 Å². The highest BCUT2D eigenvalue weighted by molar-refractivity contribution is 5.96. The quantitative estimate of drug-likeness (QED) is 0.665. The Hall–Kier alpha value is -1.88. The van der Waals surface area contributed by atoms with E-state index in [-0.39, 0.29) is 24.4 Å². The smallest absolute Gasteiger partial charge is 0.251 e. The van der Waals surface area contributed by atoms with Crippen LogP contribution in [-0.4, -0.2) is 30.9 Å². The lowest BCUT2D eigenvalue weighted by molar-refractivity contribution is -0.120. The van der Waals surface area contributed by atoms with Crippen LogP contribution in [0, 0.1) is 0 Å². The molecule has 5 nitrogen and oxygen atoms in total. The third-order valence-electron chi connectivity index (χ3n) is 2.21. The molecule has 4 N–H and O–H groups in total. The summed E-state index contributed by atoms with van der Waals surface area (Å²) in [5, 5.41) is 5.19. The molecule has 0 radical (unpaired) electrons. The van der Waals surface area contributed by atoms with E-state index >= 15 is 0 Å². The predicted octanol–water partition coefficient (Wildman–Crippen LogP) is -0.120. The van der Waals surface area contributed by atoms with Gasteiger partial charge in [-0.15, -0.1) is 0 Å². The van der Waals surface area contributed by atoms with Gasteiger partial charge in [0.2, 0.25) is 5.91 Å². The molecule has 0 saturated carbocycles. The fourth-order valence-electron chi connectivity index (χ4n) is 1.24. The van der Waals surface area contributed by atoms with Gasteiger partial charge in [0.25, 0.3) is 5.91 Å². The van der Waals surface area contributed by atoms with Gasteiger partial charge in [0, 0.05) is 18.2 Å². The Kier molecular flexibility index (Phi) is 5.16. The van der Waals surface area contributed by atoms with Crippen molar-refractivity contribution < 1.29 is 9.59 Å². The highest BCUT2D eigenvalue weighted by Crippen LogP contribution is 1.97. The zero-order valence-corrected chi connectivity index (χ0v) is 9.77. The largest absolute Gasteiger partial charge is 0.351 e. The summed E-state index contributed by atoms with van der Waals surface area (Å²) in [6.07, 6.45) is 0. The Morgan fingerprint density at radius 2 is 1.94 bits per heavy atom. The Labute approximate surface area is 100 Å². The van der Waals surface area contributed by atoms with Gasteiger partial charge >= 0.3 is 0 Å². The monoisotopic (exact) mass is 235 g/mol. The maximum Gasteiger partial charge on any atom is 0.251 e. The van der Waals surface area contributed by atoms with Crippen molar-refractivity contribution in [3.8, 4) is 0 Å². The molecule has 0 spiro atoms. The predicted molar refractivity (Wildman–Crippen MR) is 65.4 cm³/mol. The lowest BCUT2D eigenvalue weighted by Crippen LogP contribution is -2.43. The van der Waals surface area contributed by atoms with Crippen molar-refractivity contribution in [2.45, 2.75) is 13.0 Å². The van der Waals surface area contributed by atoms with Crippen molar-refractivity contribution in [1.82, 2.24) is 10.6 Å². The molecule has 1 atom stereocenters. The summed E-state index contributed by atoms with van der Waals surface area (Å²) < 4.78 is 0. The molecular formula is C12H17N3O2. The lowest BCUT2D eigenvalue weighted by atomic mass is 10.2. The van der Waals surface area contributed by atoms with E-state index in [9.17, 15) is 9.59 Å². The molecule has 1 aromatic rings. The summed E-state index contributed by atoms with van der Waals surface area (Å²) in [5.74, 6) is -0.506. The summed E-state index contributed by atoms with van der Waals surface area (Å²) in [7, 11) is 0. The Morgan fingerprint density at radius 3 is 2.53 bits per heavy atom. The fraction of sp³-hybridized carbons (Fsp3) is 0.333. The van der Waals surface area contributed by atoms with Crippen LogP contribution >= 0.6 is 0 Å². The van der Waals surface area contributed by atoms with Crippen molar-refractivity contribution in [3.05, 3.63) is 35.9 Å². The minimum atomic E-state index is -0.263. The van der Waals surface area contributed by atoms with Crippen LogP contribution in [0.2, 0.25) is 0 Å². The second kappa shape index (κ2) is 6.65. The number of carbonyl (C=O) groups is 2. The summed E-state index contributed by atoms with van der Waals surface area (Å²) in [5.41, 5.74) is 5.90. The van der Waals surface area contributed by atoms with Crippen LogP contribution in [0.5, 0.6) is 0 Å². The minimum Gasteiger partial charge on any atom is -0.351 e. The van der Waals surface area contributed by atoms with Gasteiger partial charge in [-0.25, -0.2) is 0 Å². The molecule has 0 unspecified atom stereocenters. The number of rotatable bonds is 5. The van der Waals surface area contributed by atoms with E-state index in [1.165, 1.54) is 0 Å². The maximum absolute atomic E-state index is 11.6. The summed E-state index contributed by atoms with van der Waals surface area (Å²) >= 11 is 0. The molecule has 1 aromatic carbocycles. The van der Waals surface area contributed by atoms with Crippen LogP contribution < -0.4 is 16.4 Å². The molecule has 17 heavy (non-hydrogen) atoms. The molecule has 0 aliphatic heterocycles. The maximum atomic E-state index is 11.6. The number of nitrogens with one attached hydrogen (secondary N) is 2. The van der Waals surface area contributed by atoms with Crippen molar-refractivity contribution in [3.63, 3.8) is 0 Å². The van der Waals surface area contributed by atoms with Crippen molar-refractivity contribution in [1.29, 1.82) is 0 Å². The van der Waals surface area contributed by atoms with Crippen molar-refractivity contribution >= 4 is 11.8 Å². The van der Waals surface area contributed by atoms with E-state index in [1.807, 2.05) is 6.07 Å². The SMILES string of the molecule is C[C@@H](CN)NC(=O)CNC(=O)c1ccccc1. The molecule has 0 bridgehead atoms. The first kappa shape index (κ1) is 13.2. The van der Waals surface area contributed by atoms with Gasteiger partial charge in [-0.3, -0.25) is 9.59 Å². The molecule has 0 aromatic heterocycles. The molecule has 2 amide bonds. The van der Waals surface area contributed by atoms with Crippen LogP contribution in [0.4, 0.5) is 0 Å². The van der Waals surface area contributed by atoms with E-state index in [0.29, 0.717) is 12.1 Å². The number of hydrogen-bond acceptors (Lipinski definition) is 3. The third kappa shape index (κ3) is 4.65. The Bertz CT molecular complexity index is 379. The summed E-state index contributed by atoms with van der Waals surface area (Å²) in [4.78, 5) is 23.0. The normalized spacial score (nSPS) is 11.6. The summed E-state index contributed by atoms with van der Waals surface area (Å²) in [6.45, 7) is 2.13. The highest BCUT2D eigenvalue weighted by atomic mass is 16.2. The van der Waals surface area contributed by atoms with Crippen LogP contribution in [-0.2, 0) is 4.79 Å². The third-order valence-corrected chi connectivity index (χ3v) is 2.21. The van der Waals surface area contributed by atoms with Crippen molar-refractivity contribution in [2.24, 2.45) is 5.73 Å². The standard InChI is InChI=1S/C12H17N3O2/c1-9(7-13)15-11(16)8-14-12(17)10-5-3-2-4-6-10/h2-6,9H,7-8,13H2,1H3,(H,14,17)(H,15,16)/t9-/m0/s1. The van der Waals surface area contributed by atoms with Gasteiger partial charge in [0.05, 0.1) is 6.54 Å². The van der Waals surface area contributed by atoms with E-state index < -0.39 is 0 Å². The highest BCUT2D eigenvalue weighted by Gasteiger charge is 2.08. The Morgan fingerprint density at radius 1 is 1.29 bits per heavy atom. The lowest BCUT2D eigenvalue weighted by Gasteiger charge is -2.11. The van der Waals surface area contributed by atoms with Crippen LogP contribution in [0.1, 0.15) is 17.3 Å². The first-order chi connectivity index (χ1) is 8.13. The Balaban J connectivity index is 2.36. The number of amides is 2. The number of benzene rings is 1. The molecule has 92 valence electrons. The molecule has 0 saturated heterocycles. The average Bonchev–Trinajstić information content (AvgIpc) is 2.36. The van der Waals surface area contributed by atoms with E-state index in [2.05, 4.69) is 10.6 Å². The fourth-order valence-corrected chi connectivity index (χ4v) is 1.24. The number of nitrogens with two attached hydrogens (primary N) is 1. The van der Waals surface area contributed by atoms with Crippen molar-refractivity contribution in [2.75, 3.05) is 13.1 Å². The molecule has 1 rings (SSSR count). The second-order valence-corrected chi connectivity index (χ2v) is 3.75. The topological polar surface area (TPSA) is 84.2 Å². The number of hydrogen-bond donors (Lipinski definition) is 3. The van der Waals surface area contributed by atoms with Crippen LogP contribution in [0.15, 0.2) is 30.3 Å². The van der Waals surface area contributed by atoms with Gasteiger partial charge in [-0.1, -0.05) is 18.2 Å². The average molecular weight is 235 g/mol. The molecule has 0 aliphatic carbocycles. The van der Waals surface area contributed by atoms with Gasteiger partial charge in [0.15, 0.2) is 0 Å². The van der Waals surface area contributed by atoms with E-state index in [0.717, 1.165) is 0 Å². The number of carbonyl (C=O) groups excluding carboxylic acids is 2. The molecular weight excluding hydrogens is 218 g/mol. The van der Waals surface area contributed by atoms with Gasteiger partial charge in [-0.05, 0) is 19.1 Å². The van der Waals surface area contributed by atoms with Gasteiger partial charge < -0.3 is 16.4 Å². The second-order valence-electron chi connectivity index (χ2n) is 3.75. The summed E-state index contributed by atoms with van der Waals surface area (Å²) in [6, 6.07) is 8.66. The zero-order chi connectivity index (χ0) is 12.7. The molecule has 5 heteroatoms. The molecule has 0 heterocycles. The first-order valence-electron chi connectivity index (χ1n) is 5.46. The van der Waals surface area contributed by atoms with Gasteiger partial charge in [-0.2, -0.15) is 0 Å². The van der Waals surface area contributed by atoms with E-state index in [1.54, 1.807) is 31.2 Å². The molecule has 0 fully saturated rings. The van der Waals surface area contributed by atoms with Crippen LogP contribution in [0.3, 0.4) is 0 Å². The zero-order valence-electron chi connectivity index (χ0n) is 9.77. The molecule has 0 aliphatic rings. The minimum absolute atomic E-state index is 0.0436. The van der Waals surface area contributed by atoms with Gasteiger partial charge in [0.1, 0.15) is 0 Å². The van der Waals surface area contributed by atoms with Crippen LogP contribution in [0.25, 0.3) is 0 Å². The first-order valence-corrected chi connectivity index (χ1v) is 5.46.